The van der Waals surface area contributed by atoms with E-state index in [1.165, 1.54) is 23.5 Å². The van der Waals surface area contributed by atoms with E-state index in [0.717, 1.165) is 34.2 Å². The molecule has 0 unspecified atom stereocenters. The monoisotopic (exact) mass is 494 g/mol. The van der Waals surface area contributed by atoms with E-state index < -0.39 is 16.0 Å². The van der Waals surface area contributed by atoms with E-state index in [1.807, 2.05) is 17.0 Å². The number of fused-ring (bicyclic) bond motifs is 1. The van der Waals surface area contributed by atoms with Crippen LogP contribution in [0.4, 0.5) is 10.1 Å². The van der Waals surface area contributed by atoms with Gasteiger partial charge in [0.25, 0.3) is 10.2 Å². The highest BCUT2D eigenvalue weighted by Gasteiger charge is 2.31. The molecule has 1 fully saturated rings. The molecule has 0 bridgehead atoms. The molecular formula is C23H28ClFN4O3S. The van der Waals surface area contributed by atoms with Crippen LogP contribution in [0.15, 0.2) is 36.4 Å². The lowest BCUT2D eigenvalue weighted by Gasteiger charge is -2.36. The van der Waals surface area contributed by atoms with Gasteiger partial charge in [-0.05, 0) is 41.8 Å². The van der Waals surface area contributed by atoms with Crippen LogP contribution >= 0.6 is 11.6 Å². The van der Waals surface area contributed by atoms with Crippen LogP contribution in [0.1, 0.15) is 23.6 Å². The van der Waals surface area contributed by atoms with E-state index in [4.69, 9.17) is 11.6 Å². The second-order valence-corrected chi connectivity index (χ2v) is 10.9. The van der Waals surface area contributed by atoms with E-state index in [1.54, 1.807) is 13.0 Å². The molecule has 0 radical (unpaired) electrons. The summed E-state index contributed by atoms with van der Waals surface area (Å²) in [6.45, 7) is 5.05. The fourth-order valence-electron chi connectivity index (χ4n) is 4.37. The third-order valence-corrected chi connectivity index (χ3v) is 8.66. The van der Waals surface area contributed by atoms with Crippen molar-refractivity contribution in [3.8, 4) is 0 Å². The maximum atomic E-state index is 14.1. The van der Waals surface area contributed by atoms with Gasteiger partial charge in [-0.3, -0.25) is 4.79 Å². The molecule has 0 saturated carbocycles. The van der Waals surface area contributed by atoms with Crippen LogP contribution in [0.5, 0.6) is 0 Å². The van der Waals surface area contributed by atoms with Crippen LogP contribution in [-0.2, 0) is 34.5 Å². The number of piperazine rings is 1. The van der Waals surface area contributed by atoms with Gasteiger partial charge >= 0.3 is 0 Å². The fraction of sp³-hybridized carbons (Fsp3) is 0.435. The van der Waals surface area contributed by atoms with Crippen molar-refractivity contribution in [2.24, 2.45) is 0 Å². The predicted octanol–water partition coefficient (Wildman–Crippen LogP) is 2.88. The number of halogens is 2. The molecule has 33 heavy (non-hydrogen) atoms. The topological polar surface area (TPSA) is 64.2 Å². The van der Waals surface area contributed by atoms with Gasteiger partial charge < -0.3 is 9.80 Å². The lowest BCUT2D eigenvalue weighted by molar-refractivity contribution is -0.129. The Morgan fingerprint density at radius 2 is 1.82 bits per heavy atom. The molecule has 0 N–H and O–H groups in total. The molecule has 1 saturated heterocycles. The highest BCUT2D eigenvalue weighted by molar-refractivity contribution is 7.86. The Morgan fingerprint density at radius 3 is 2.48 bits per heavy atom. The smallest absolute Gasteiger partial charge is 0.282 e. The quantitative estimate of drug-likeness (QED) is 0.641. The van der Waals surface area contributed by atoms with Crippen LogP contribution in [0.25, 0.3) is 0 Å². The summed E-state index contributed by atoms with van der Waals surface area (Å²) in [7, 11) is -2.35. The Morgan fingerprint density at radius 1 is 1.09 bits per heavy atom. The minimum atomic E-state index is -3.79. The first kappa shape index (κ1) is 23.9. The fourth-order valence-corrected chi connectivity index (χ4v) is 5.90. The first-order chi connectivity index (χ1) is 15.7. The zero-order chi connectivity index (χ0) is 23.8. The maximum Gasteiger partial charge on any atom is 0.282 e. The largest absolute Gasteiger partial charge is 0.368 e. The van der Waals surface area contributed by atoms with E-state index in [2.05, 4.69) is 11.0 Å². The summed E-state index contributed by atoms with van der Waals surface area (Å²) in [5.41, 5.74) is 3.36. The summed E-state index contributed by atoms with van der Waals surface area (Å²) >= 11 is 6.08. The lowest BCUT2D eigenvalue weighted by Crippen LogP contribution is -2.48. The zero-order valence-corrected chi connectivity index (χ0v) is 20.4. The van der Waals surface area contributed by atoms with E-state index in [0.29, 0.717) is 26.1 Å². The van der Waals surface area contributed by atoms with Crippen LogP contribution in [0.3, 0.4) is 0 Å². The number of hydrogen-bond acceptors (Lipinski definition) is 4. The Kier molecular flexibility index (Phi) is 6.95. The van der Waals surface area contributed by atoms with Crippen molar-refractivity contribution < 1.29 is 17.6 Å². The maximum absolute atomic E-state index is 14.1. The third-order valence-electron chi connectivity index (χ3n) is 6.42. The van der Waals surface area contributed by atoms with Crippen molar-refractivity contribution in [1.29, 1.82) is 0 Å². The van der Waals surface area contributed by atoms with Crippen LogP contribution in [0.2, 0.25) is 5.02 Å². The standard InChI is InChI=1S/C23H28ClFN4O3S/c1-17(30)27-10-12-28(13-11-27)20-7-6-19-15-29(9-8-18(19)14-20)33(31,32)26(2)16-21-22(24)4-3-5-23(21)25/h3-7,14H,8-13,15-16H2,1-2H3. The molecule has 2 aliphatic heterocycles. The average molecular weight is 495 g/mol. The second-order valence-electron chi connectivity index (χ2n) is 8.49. The second kappa shape index (κ2) is 9.58. The first-order valence-electron chi connectivity index (χ1n) is 10.9. The summed E-state index contributed by atoms with van der Waals surface area (Å²) < 4.78 is 43.1. The SMILES string of the molecule is CC(=O)N1CCN(c2ccc3c(c2)CCN(S(=O)(=O)N(C)Cc2c(F)cccc2Cl)C3)CC1. The molecule has 0 spiro atoms. The molecule has 2 aromatic carbocycles. The van der Waals surface area contributed by atoms with Crippen molar-refractivity contribution in [3.05, 3.63) is 63.9 Å². The van der Waals surface area contributed by atoms with E-state index in [-0.39, 0.29) is 29.6 Å². The van der Waals surface area contributed by atoms with Crippen LogP contribution < -0.4 is 4.90 Å². The number of carbonyl (C=O) groups is 1. The minimum Gasteiger partial charge on any atom is -0.368 e. The zero-order valence-electron chi connectivity index (χ0n) is 18.8. The van der Waals surface area contributed by atoms with Crippen molar-refractivity contribution in [2.45, 2.75) is 26.4 Å². The van der Waals surface area contributed by atoms with Gasteiger partial charge in [0.1, 0.15) is 5.82 Å². The number of rotatable bonds is 5. The van der Waals surface area contributed by atoms with Crippen molar-refractivity contribution >= 4 is 33.4 Å². The van der Waals surface area contributed by atoms with Gasteiger partial charge in [0, 0.05) is 76.1 Å². The van der Waals surface area contributed by atoms with Crippen molar-refractivity contribution in [1.82, 2.24) is 13.5 Å². The van der Waals surface area contributed by atoms with Crippen LogP contribution in [0, 0.1) is 5.82 Å². The van der Waals surface area contributed by atoms with Gasteiger partial charge in [-0.15, -0.1) is 0 Å². The van der Waals surface area contributed by atoms with Gasteiger partial charge in [0.15, 0.2) is 0 Å². The molecule has 2 aromatic rings. The molecule has 0 atom stereocenters. The number of carbonyl (C=O) groups excluding carboxylic acids is 1. The molecule has 0 aromatic heterocycles. The summed E-state index contributed by atoms with van der Waals surface area (Å²) in [6, 6.07) is 10.4. The molecule has 0 aliphatic carbocycles. The molecule has 10 heteroatoms. The Hall–Kier alpha value is -2.20. The average Bonchev–Trinajstić information content (AvgIpc) is 2.80. The highest BCUT2D eigenvalue weighted by Crippen LogP contribution is 2.28. The van der Waals surface area contributed by atoms with Gasteiger partial charge in [-0.1, -0.05) is 23.7 Å². The third kappa shape index (κ3) is 5.01. The van der Waals surface area contributed by atoms with Gasteiger partial charge in [0.2, 0.25) is 5.91 Å². The molecule has 4 rings (SSSR count). The van der Waals surface area contributed by atoms with Crippen molar-refractivity contribution in [3.63, 3.8) is 0 Å². The van der Waals surface area contributed by atoms with Crippen LogP contribution in [-0.4, -0.2) is 67.6 Å². The molecule has 2 aliphatic rings. The molecule has 7 nitrogen and oxygen atoms in total. The predicted molar refractivity (Wildman–Crippen MR) is 127 cm³/mol. The van der Waals surface area contributed by atoms with Gasteiger partial charge in [-0.2, -0.15) is 17.0 Å². The molecule has 2 heterocycles. The number of amides is 1. The van der Waals surface area contributed by atoms with Crippen molar-refractivity contribution in [2.75, 3.05) is 44.7 Å². The summed E-state index contributed by atoms with van der Waals surface area (Å²) in [5.74, 6) is -0.422. The van der Waals surface area contributed by atoms with Gasteiger partial charge in [-0.25, -0.2) is 4.39 Å². The number of hydrogen-bond donors (Lipinski definition) is 0. The summed E-state index contributed by atoms with van der Waals surface area (Å²) in [5, 5.41) is 0.206. The lowest BCUT2D eigenvalue weighted by atomic mass is 10.00. The number of anilines is 1. The minimum absolute atomic E-state index is 0.101. The summed E-state index contributed by atoms with van der Waals surface area (Å²) in [6.07, 6.45) is 0.601. The number of nitrogens with zero attached hydrogens (tertiary/aromatic N) is 4. The van der Waals surface area contributed by atoms with E-state index in [9.17, 15) is 17.6 Å². The normalized spacial score (nSPS) is 17.4. The number of benzene rings is 2. The Labute approximate surface area is 199 Å². The van der Waals surface area contributed by atoms with Gasteiger partial charge in [0.05, 0.1) is 0 Å². The molecule has 1 amide bonds. The Bertz CT molecular complexity index is 1130. The Balaban J connectivity index is 1.44. The highest BCUT2D eigenvalue weighted by atomic mass is 35.5. The molecule has 178 valence electrons. The van der Waals surface area contributed by atoms with E-state index >= 15 is 0 Å². The molecular weight excluding hydrogens is 467 g/mol. The first-order valence-corrected chi connectivity index (χ1v) is 12.7. The summed E-state index contributed by atoms with van der Waals surface area (Å²) in [4.78, 5) is 15.7.